The Labute approximate surface area is 160 Å². The average Bonchev–Trinajstić information content (AvgIpc) is 3.01. The molecule has 0 saturated heterocycles. The van der Waals surface area contributed by atoms with Gasteiger partial charge in [0, 0.05) is 29.3 Å². The van der Waals surface area contributed by atoms with Crippen molar-refractivity contribution < 1.29 is 13.2 Å². The van der Waals surface area contributed by atoms with Crippen LogP contribution in [0.4, 0.5) is 19.0 Å². The predicted molar refractivity (Wildman–Crippen MR) is 101 cm³/mol. The summed E-state index contributed by atoms with van der Waals surface area (Å²) in [5.41, 5.74) is 0.755. The molecule has 0 amide bonds. The van der Waals surface area contributed by atoms with E-state index in [0.717, 1.165) is 12.3 Å². The Bertz CT molecular complexity index is 1040. The standard InChI is InChI=1S/C21H21F3N4/c1-9-11-3-12(4-11)10(2)18(9)27-21-17(24)6-16(23)19(28-21)15-8-26-20-14(15)5-13(22)7-25-20/h5-12,18H,3-4H2,1-2H3,(H,25,26)(H,27,28). The number of rotatable bonds is 3. The fourth-order valence-corrected chi connectivity index (χ4v) is 4.98. The minimum absolute atomic E-state index is 0.0242. The van der Waals surface area contributed by atoms with Gasteiger partial charge in [-0.25, -0.2) is 23.1 Å². The Balaban J connectivity index is 1.54. The SMILES string of the molecule is CC1C2CC(C2)C(C)C1Nc1nc(-c2c[nH]c3ncc(F)cc23)c(F)cc1F. The van der Waals surface area contributed by atoms with Gasteiger partial charge in [0.1, 0.15) is 17.2 Å². The van der Waals surface area contributed by atoms with Crippen molar-refractivity contribution in [1.82, 2.24) is 15.0 Å². The zero-order valence-corrected chi connectivity index (χ0v) is 15.6. The number of nitrogens with zero attached hydrogens (tertiary/aromatic N) is 2. The van der Waals surface area contributed by atoms with Gasteiger partial charge in [-0.05, 0) is 42.6 Å². The van der Waals surface area contributed by atoms with Gasteiger partial charge < -0.3 is 10.3 Å². The lowest BCUT2D eigenvalue weighted by Gasteiger charge is -2.54. The van der Waals surface area contributed by atoms with E-state index in [1.807, 2.05) is 0 Å². The molecule has 2 N–H and O–H groups in total. The maximum atomic E-state index is 14.6. The molecule has 0 radical (unpaired) electrons. The molecule has 0 aromatic carbocycles. The summed E-state index contributed by atoms with van der Waals surface area (Å²) >= 11 is 0. The molecule has 3 aromatic rings. The zero-order valence-electron chi connectivity index (χ0n) is 15.6. The van der Waals surface area contributed by atoms with Crippen LogP contribution in [0.25, 0.3) is 22.3 Å². The molecule has 3 fully saturated rings. The van der Waals surface area contributed by atoms with Crippen LogP contribution in [0.2, 0.25) is 0 Å². The lowest BCUT2D eigenvalue weighted by molar-refractivity contribution is -0.00135. The van der Waals surface area contributed by atoms with Crippen molar-refractivity contribution in [3.8, 4) is 11.3 Å². The predicted octanol–water partition coefficient (Wildman–Crippen LogP) is 5.13. The summed E-state index contributed by atoms with van der Waals surface area (Å²) in [5.74, 6) is 0.124. The molecule has 2 bridgehead atoms. The number of fused-ring (bicyclic) bond motifs is 3. The summed E-state index contributed by atoms with van der Waals surface area (Å²) in [6.07, 6.45) is 5.07. The highest BCUT2D eigenvalue weighted by atomic mass is 19.1. The molecule has 4 nitrogen and oxygen atoms in total. The molecule has 0 aliphatic heterocycles. The largest absolute Gasteiger partial charge is 0.364 e. The summed E-state index contributed by atoms with van der Waals surface area (Å²) in [5, 5.41) is 3.65. The molecule has 0 spiro atoms. The monoisotopic (exact) mass is 386 g/mol. The van der Waals surface area contributed by atoms with Crippen molar-refractivity contribution in [2.45, 2.75) is 32.7 Å². The van der Waals surface area contributed by atoms with E-state index in [9.17, 15) is 13.2 Å². The Kier molecular flexibility index (Phi) is 3.89. The number of anilines is 1. The first-order valence-electron chi connectivity index (χ1n) is 9.68. The van der Waals surface area contributed by atoms with Gasteiger partial charge in [0.15, 0.2) is 17.5 Å². The Morgan fingerprint density at radius 2 is 1.75 bits per heavy atom. The molecule has 3 saturated carbocycles. The van der Waals surface area contributed by atoms with Crippen molar-refractivity contribution in [2.24, 2.45) is 23.7 Å². The van der Waals surface area contributed by atoms with Crippen molar-refractivity contribution in [2.75, 3.05) is 5.32 Å². The molecular weight excluding hydrogens is 365 g/mol. The fraction of sp³-hybridized carbons (Fsp3) is 0.429. The van der Waals surface area contributed by atoms with E-state index in [0.29, 0.717) is 40.3 Å². The van der Waals surface area contributed by atoms with Gasteiger partial charge in [-0.15, -0.1) is 0 Å². The van der Waals surface area contributed by atoms with Gasteiger partial charge in [-0.2, -0.15) is 0 Å². The minimum Gasteiger partial charge on any atom is -0.364 e. The lowest BCUT2D eigenvalue weighted by Crippen LogP contribution is -2.53. The molecule has 3 aromatic heterocycles. The first-order chi connectivity index (χ1) is 13.4. The summed E-state index contributed by atoms with van der Waals surface area (Å²) in [7, 11) is 0. The summed E-state index contributed by atoms with van der Waals surface area (Å²) in [6, 6.07) is 2.21. The molecule has 3 aliphatic rings. The zero-order chi connectivity index (χ0) is 19.6. The van der Waals surface area contributed by atoms with E-state index in [-0.39, 0.29) is 17.6 Å². The highest BCUT2D eigenvalue weighted by Crippen LogP contribution is 2.52. The van der Waals surface area contributed by atoms with Gasteiger partial charge in [0.25, 0.3) is 0 Å². The Morgan fingerprint density at radius 3 is 2.46 bits per heavy atom. The number of hydrogen-bond donors (Lipinski definition) is 2. The van der Waals surface area contributed by atoms with Gasteiger partial charge in [0.05, 0.1) is 6.20 Å². The van der Waals surface area contributed by atoms with Crippen LogP contribution >= 0.6 is 0 Å². The maximum Gasteiger partial charge on any atom is 0.168 e. The molecule has 2 unspecified atom stereocenters. The van der Waals surface area contributed by atoms with Gasteiger partial charge in [-0.3, -0.25) is 0 Å². The second kappa shape index (κ2) is 6.22. The minimum atomic E-state index is -0.791. The maximum absolute atomic E-state index is 14.6. The second-order valence-electron chi connectivity index (χ2n) is 8.28. The van der Waals surface area contributed by atoms with Crippen LogP contribution in [0.1, 0.15) is 26.7 Å². The number of pyridine rings is 2. The molecule has 146 valence electrons. The van der Waals surface area contributed by atoms with Crippen LogP contribution in [0, 0.1) is 41.1 Å². The molecular formula is C21H21F3N4. The van der Waals surface area contributed by atoms with Crippen LogP contribution in [0.5, 0.6) is 0 Å². The molecule has 3 aliphatic carbocycles. The topological polar surface area (TPSA) is 53.6 Å². The quantitative estimate of drug-likeness (QED) is 0.656. The van der Waals surface area contributed by atoms with Gasteiger partial charge >= 0.3 is 0 Å². The molecule has 28 heavy (non-hydrogen) atoms. The van der Waals surface area contributed by atoms with E-state index >= 15 is 0 Å². The second-order valence-corrected chi connectivity index (χ2v) is 8.28. The number of aromatic amines is 1. The van der Waals surface area contributed by atoms with Crippen LogP contribution in [0.15, 0.2) is 24.5 Å². The molecule has 3 heterocycles. The molecule has 2 atom stereocenters. The number of nitrogens with one attached hydrogen (secondary N) is 2. The summed E-state index contributed by atoms with van der Waals surface area (Å²) in [4.78, 5) is 11.1. The average molecular weight is 386 g/mol. The third kappa shape index (κ3) is 2.59. The normalized spacial score (nSPS) is 29.0. The van der Waals surface area contributed by atoms with E-state index in [2.05, 4.69) is 34.1 Å². The van der Waals surface area contributed by atoms with Crippen LogP contribution in [-0.2, 0) is 0 Å². The smallest absolute Gasteiger partial charge is 0.168 e. The van der Waals surface area contributed by atoms with E-state index in [1.165, 1.54) is 25.1 Å². The number of aromatic nitrogens is 3. The summed E-state index contributed by atoms with van der Waals surface area (Å²) < 4.78 is 42.7. The number of H-pyrrole nitrogens is 1. The molecule has 7 heteroatoms. The lowest BCUT2D eigenvalue weighted by atomic mass is 9.54. The fourth-order valence-electron chi connectivity index (χ4n) is 4.98. The van der Waals surface area contributed by atoms with E-state index in [4.69, 9.17) is 0 Å². The van der Waals surface area contributed by atoms with Gasteiger partial charge in [-0.1, -0.05) is 13.8 Å². The van der Waals surface area contributed by atoms with Crippen molar-refractivity contribution in [3.05, 3.63) is 42.0 Å². The Morgan fingerprint density at radius 1 is 1.04 bits per heavy atom. The highest BCUT2D eigenvalue weighted by molar-refractivity contribution is 5.92. The van der Waals surface area contributed by atoms with Crippen molar-refractivity contribution >= 4 is 16.9 Å². The first-order valence-corrected chi connectivity index (χ1v) is 9.68. The van der Waals surface area contributed by atoms with E-state index < -0.39 is 17.5 Å². The van der Waals surface area contributed by atoms with Gasteiger partial charge in [0.2, 0.25) is 0 Å². The van der Waals surface area contributed by atoms with Crippen LogP contribution in [-0.4, -0.2) is 21.0 Å². The van der Waals surface area contributed by atoms with Crippen molar-refractivity contribution in [1.29, 1.82) is 0 Å². The third-order valence-electron chi connectivity index (χ3n) is 6.82. The van der Waals surface area contributed by atoms with Crippen molar-refractivity contribution in [3.63, 3.8) is 0 Å². The first kappa shape index (κ1) is 17.5. The number of halogens is 3. The van der Waals surface area contributed by atoms with Crippen LogP contribution in [0.3, 0.4) is 0 Å². The van der Waals surface area contributed by atoms with Crippen LogP contribution < -0.4 is 5.32 Å². The number of hydrogen-bond acceptors (Lipinski definition) is 3. The Hall–Kier alpha value is -2.57. The summed E-state index contributed by atoms with van der Waals surface area (Å²) in [6.45, 7) is 4.37. The highest BCUT2D eigenvalue weighted by Gasteiger charge is 2.48. The van der Waals surface area contributed by atoms with E-state index in [1.54, 1.807) is 0 Å². The third-order valence-corrected chi connectivity index (χ3v) is 6.82. The molecule has 6 rings (SSSR count).